The Labute approximate surface area is 204 Å². The predicted molar refractivity (Wildman–Crippen MR) is 128 cm³/mol. The van der Waals surface area contributed by atoms with Gasteiger partial charge in [-0.3, -0.25) is 9.59 Å². The van der Waals surface area contributed by atoms with Gasteiger partial charge in [0, 0.05) is 31.0 Å². The normalized spacial score (nSPS) is 19.3. The van der Waals surface area contributed by atoms with Gasteiger partial charge in [0.25, 0.3) is 0 Å². The molecule has 5 rings (SSSR count). The highest BCUT2D eigenvalue weighted by Gasteiger charge is 2.58. The predicted octanol–water partition coefficient (Wildman–Crippen LogP) is 3.26. The number of carbonyl (C=O) groups is 3. The van der Waals surface area contributed by atoms with Crippen molar-refractivity contribution in [2.24, 2.45) is 11.3 Å². The molecule has 0 aromatic heterocycles. The fourth-order valence-electron chi connectivity index (χ4n) is 5.46. The van der Waals surface area contributed by atoms with Crippen LogP contribution in [0.15, 0.2) is 48.5 Å². The highest BCUT2D eigenvalue weighted by atomic mass is 16.5. The average Bonchev–Trinajstić information content (AvgIpc) is 3.41. The monoisotopic (exact) mass is 478 g/mol. The maximum Gasteiger partial charge on any atom is 0.407 e. The number of carboxylic acid groups (broad SMARTS) is 1. The smallest absolute Gasteiger partial charge is 0.407 e. The molecule has 184 valence electrons. The third kappa shape index (κ3) is 4.75. The van der Waals surface area contributed by atoms with E-state index in [1.54, 1.807) is 4.90 Å². The van der Waals surface area contributed by atoms with Gasteiger partial charge >= 0.3 is 12.1 Å². The third-order valence-electron chi connectivity index (χ3n) is 7.51. The Balaban J connectivity index is 0.994. The number of alkyl carbamates (subject to hydrolysis) is 1. The van der Waals surface area contributed by atoms with Crippen molar-refractivity contribution in [3.8, 4) is 11.1 Å². The summed E-state index contributed by atoms with van der Waals surface area (Å²) in [6, 6.07) is 16.4. The van der Waals surface area contributed by atoms with E-state index < -0.39 is 18.0 Å². The zero-order chi connectivity index (χ0) is 24.4. The maximum atomic E-state index is 12.4. The number of fused-ring (bicyclic) bond motifs is 3. The maximum absolute atomic E-state index is 12.4. The summed E-state index contributed by atoms with van der Waals surface area (Å²) in [6.45, 7) is 1.85. The molecule has 2 aliphatic carbocycles. The fraction of sp³-hybridized carbons (Fsp3) is 0.444. The van der Waals surface area contributed by atoms with Gasteiger partial charge in [0.1, 0.15) is 6.61 Å². The Hall–Kier alpha value is -3.39. The van der Waals surface area contributed by atoms with E-state index in [0.29, 0.717) is 6.54 Å². The van der Waals surface area contributed by atoms with Crippen LogP contribution in [0.25, 0.3) is 11.1 Å². The molecule has 1 saturated heterocycles. The van der Waals surface area contributed by atoms with Gasteiger partial charge in [0.2, 0.25) is 5.91 Å². The first-order chi connectivity index (χ1) is 17.0. The Morgan fingerprint density at radius 3 is 2.26 bits per heavy atom. The van der Waals surface area contributed by atoms with Crippen LogP contribution in [0.2, 0.25) is 0 Å². The quantitative estimate of drug-likeness (QED) is 0.536. The minimum absolute atomic E-state index is 0.0106. The molecule has 3 aliphatic rings. The van der Waals surface area contributed by atoms with Crippen molar-refractivity contribution in [2.75, 3.05) is 39.5 Å². The van der Waals surface area contributed by atoms with E-state index in [9.17, 15) is 19.5 Å². The molecular formula is C27H30N2O6. The summed E-state index contributed by atoms with van der Waals surface area (Å²) in [5, 5.41) is 12.1. The van der Waals surface area contributed by atoms with Crippen molar-refractivity contribution in [2.45, 2.75) is 25.2 Å². The molecule has 2 aromatic rings. The molecular weight excluding hydrogens is 448 g/mol. The third-order valence-corrected chi connectivity index (χ3v) is 7.51. The van der Waals surface area contributed by atoms with Crippen LogP contribution in [0.5, 0.6) is 0 Å². The average molecular weight is 479 g/mol. The molecule has 35 heavy (non-hydrogen) atoms. The molecule has 0 bridgehead atoms. The number of nitrogens with zero attached hydrogens (tertiary/aromatic N) is 1. The van der Waals surface area contributed by atoms with Crippen molar-refractivity contribution in [1.29, 1.82) is 0 Å². The van der Waals surface area contributed by atoms with Gasteiger partial charge in [-0.2, -0.15) is 0 Å². The summed E-state index contributed by atoms with van der Waals surface area (Å²) in [7, 11) is 0. The van der Waals surface area contributed by atoms with Crippen molar-refractivity contribution in [1.82, 2.24) is 10.2 Å². The van der Waals surface area contributed by atoms with Crippen molar-refractivity contribution in [3.05, 3.63) is 59.7 Å². The molecule has 2 amide bonds. The molecule has 2 aromatic carbocycles. The van der Waals surface area contributed by atoms with Crippen LogP contribution in [-0.4, -0.2) is 67.4 Å². The summed E-state index contributed by atoms with van der Waals surface area (Å²) in [4.78, 5) is 37.7. The first-order valence-corrected chi connectivity index (χ1v) is 12.2. The van der Waals surface area contributed by atoms with Gasteiger partial charge in [-0.25, -0.2) is 4.79 Å². The molecule has 1 heterocycles. The second-order valence-electron chi connectivity index (χ2n) is 9.64. The van der Waals surface area contributed by atoms with Crippen LogP contribution in [0.1, 0.15) is 36.3 Å². The number of aliphatic carboxylic acids is 1. The van der Waals surface area contributed by atoms with E-state index in [0.717, 1.165) is 24.0 Å². The Kier molecular flexibility index (Phi) is 6.47. The molecule has 2 N–H and O–H groups in total. The second-order valence-corrected chi connectivity index (χ2v) is 9.64. The number of hydrogen-bond acceptors (Lipinski definition) is 5. The Morgan fingerprint density at radius 1 is 1.00 bits per heavy atom. The first kappa shape index (κ1) is 23.4. The molecule has 8 heteroatoms. The van der Waals surface area contributed by atoms with E-state index in [4.69, 9.17) is 9.47 Å². The number of amides is 2. The standard InChI is InChI=1S/C27H30N2O6/c30-24(29-15-23(25(31)32)27(17-29)10-11-27)9-13-34-14-12-28-26(33)35-16-22-20-7-3-1-5-18(20)19-6-2-4-8-21(19)22/h1-8,22-23H,9-17H2,(H,28,33)(H,31,32). The highest BCUT2D eigenvalue weighted by molar-refractivity contribution is 5.80. The molecule has 8 nitrogen and oxygen atoms in total. The number of rotatable bonds is 9. The van der Waals surface area contributed by atoms with E-state index in [1.165, 1.54) is 11.1 Å². The zero-order valence-corrected chi connectivity index (χ0v) is 19.6. The SMILES string of the molecule is O=C(NCCOCCC(=O)N1CC(C(=O)O)C2(CC2)C1)OCC1c2ccccc2-c2ccccc21. The highest BCUT2D eigenvalue weighted by Crippen LogP contribution is 2.56. The largest absolute Gasteiger partial charge is 0.481 e. The number of ether oxygens (including phenoxy) is 2. The van der Waals surface area contributed by atoms with Crippen LogP contribution in [0, 0.1) is 11.3 Å². The summed E-state index contributed by atoms with van der Waals surface area (Å²) >= 11 is 0. The van der Waals surface area contributed by atoms with Crippen LogP contribution >= 0.6 is 0 Å². The van der Waals surface area contributed by atoms with Crippen molar-refractivity contribution in [3.63, 3.8) is 0 Å². The van der Waals surface area contributed by atoms with Gasteiger partial charge in [-0.05, 0) is 35.1 Å². The van der Waals surface area contributed by atoms with Crippen LogP contribution in [0.4, 0.5) is 4.79 Å². The van der Waals surface area contributed by atoms with Gasteiger partial charge in [0.05, 0.1) is 25.6 Å². The molecule has 0 radical (unpaired) electrons. The number of carbonyl (C=O) groups excluding carboxylic acids is 2. The minimum atomic E-state index is -0.812. The van der Waals surface area contributed by atoms with Crippen LogP contribution in [0.3, 0.4) is 0 Å². The summed E-state index contributed by atoms with van der Waals surface area (Å²) in [6.07, 6.45) is 1.46. The number of nitrogens with one attached hydrogen (secondary N) is 1. The van der Waals surface area contributed by atoms with E-state index >= 15 is 0 Å². The molecule has 1 aliphatic heterocycles. The second kappa shape index (κ2) is 9.70. The van der Waals surface area contributed by atoms with Gasteiger partial charge in [-0.15, -0.1) is 0 Å². The van der Waals surface area contributed by atoms with Crippen LogP contribution in [-0.2, 0) is 19.1 Å². The van der Waals surface area contributed by atoms with Gasteiger partial charge < -0.3 is 24.8 Å². The van der Waals surface area contributed by atoms with Gasteiger partial charge in [-0.1, -0.05) is 48.5 Å². The lowest BCUT2D eigenvalue weighted by Gasteiger charge is -2.16. The topological polar surface area (TPSA) is 105 Å². The van der Waals surface area contributed by atoms with Crippen LogP contribution < -0.4 is 5.32 Å². The molecule has 2 fully saturated rings. The summed E-state index contributed by atoms with van der Waals surface area (Å²) in [5.74, 6) is -1.33. The fourth-order valence-corrected chi connectivity index (χ4v) is 5.46. The Bertz CT molecular complexity index is 1080. The number of hydrogen-bond donors (Lipinski definition) is 2. The van der Waals surface area contributed by atoms with Crippen molar-refractivity contribution >= 4 is 18.0 Å². The van der Waals surface area contributed by atoms with E-state index in [-0.39, 0.29) is 56.6 Å². The molecule has 1 unspecified atom stereocenters. The zero-order valence-electron chi connectivity index (χ0n) is 19.6. The first-order valence-electron chi connectivity index (χ1n) is 12.2. The minimum Gasteiger partial charge on any atom is -0.481 e. The van der Waals surface area contributed by atoms with Gasteiger partial charge in [0.15, 0.2) is 0 Å². The number of likely N-dealkylation sites (tertiary alicyclic amines) is 1. The lowest BCUT2D eigenvalue weighted by atomic mass is 9.93. The van der Waals surface area contributed by atoms with E-state index in [2.05, 4.69) is 29.6 Å². The molecule has 1 saturated carbocycles. The van der Waals surface area contributed by atoms with E-state index in [1.807, 2.05) is 24.3 Å². The lowest BCUT2D eigenvalue weighted by Crippen LogP contribution is -2.31. The van der Waals surface area contributed by atoms with Crippen molar-refractivity contribution < 1.29 is 29.0 Å². The summed E-state index contributed by atoms with van der Waals surface area (Å²) in [5.41, 5.74) is 4.49. The summed E-state index contributed by atoms with van der Waals surface area (Å²) < 4.78 is 11.0. The molecule has 1 spiro atoms. The number of benzene rings is 2. The lowest BCUT2D eigenvalue weighted by molar-refractivity contribution is -0.143. The number of carboxylic acids is 1. The Morgan fingerprint density at radius 2 is 1.66 bits per heavy atom. The molecule has 1 atom stereocenters.